The Bertz CT molecular complexity index is 571. The summed E-state index contributed by atoms with van der Waals surface area (Å²) < 4.78 is 28.1. The molecule has 0 aromatic heterocycles. The molecule has 21 heavy (non-hydrogen) atoms. The zero-order chi connectivity index (χ0) is 15.3. The van der Waals surface area contributed by atoms with Crippen LogP contribution < -0.4 is 10.0 Å². The van der Waals surface area contributed by atoms with Crippen LogP contribution in [-0.2, 0) is 16.6 Å². The lowest BCUT2D eigenvalue weighted by Gasteiger charge is -2.10. The summed E-state index contributed by atoms with van der Waals surface area (Å²) >= 11 is 3.34. The number of rotatable bonds is 9. The fourth-order valence-electron chi connectivity index (χ4n) is 2.21. The second-order valence-corrected chi connectivity index (χ2v) is 8.12. The lowest BCUT2D eigenvalue weighted by Crippen LogP contribution is -2.25. The molecule has 118 valence electrons. The lowest BCUT2D eigenvalue weighted by atomic mass is 10.2. The maximum Gasteiger partial charge on any atom is 0.241 e. The normalized spacial score (nSPS) is 15.3. The molecule has 1 fully saturated rings. The fourth-order valence-corrected chi connectivity index (χ4v) is 4.30. The molecule has 4 nitrogen and oxygen atoms in total. The van der Waals surface area contributed by atoms with E-state index < -0.39 is 10.0 Å². The molecule has 1 aliphatic carbocycles. The Hall–Kier alpha value is -0.430. The first-order chi connectivity index (χ1) is 10.0. The first-order valence-electron chi connectivity index (χ1n) is 7.51. The molecule has 0 spiro atoms. The number of hydrogen-bond acceptors (Lipinski definition) is 3. The van der Waals surface area contributed by atoms with Gasteiger partial charge in [-0.15, -0.1) is 0 Å². The van der Waals surface area contributed by atoms with Crippen molar-refractivity contribution in [2.45, 2.75) is 44.0 Å². The van der Waals surface area contributed by atoms with E-state index in [0.29, 0.717) is 22.5 Å². The molecule has 2 N–H and O–H groups in total. The van der Waals surface area contributed by atoms with Gasteiger partial charge in [0.25, 0.3) is 0 Å². The van der Waals surface area contributed by atoms with Crippen LogP contribution in [0, 0.1) is 5.92 Å². The third kappa shape index (κ3) is 5.36. The Morgan fingerprint density at radius 3 is 2.76 bits per heavy atom. The summed E-state index contributed by atoms with van der Waals surface area (Å²) in [5.74, 6) is 0.838. The van der Waals surface area contributed by atoms with Crippen LogP contribution >= 0.6 is 15.9 Å². The van der Waals surface area contributed by atoms with Gasteiger partial charge in [0, 0.05) is 17.6 Å². The minimum absolute atomic E-state index is 0.323. The van der Waals surface area contributed by atoms with Gasteiger partial charge in [0.05, 0.1) is 4.90 Å². The van der Waals surface area contributed by atoms with Gasteiger partial charge >= 0.3 is 0 Å². The van der Waals surface area contributed by atoms with Gasteiger partial charge in [-0.05, 0) is 58.9 Å². The van der Waals surface area contributed by atoms with E-state index >= 15 is 0 Å². The molecule has 1 aromatic rings. The highest BCUT2D eigenvalue weighted by Gasteiger charge is 2.21. The molecule has 0 amide bonds. The highest BCUT2D eigenvalue weighted by molar-refractivity contribution is 9.10. The van der Waals surface area contributed by atoms with Crippen LogP contribution in [-0.4, -0.2) is 21.5 Å². The van der Waals surface area contributed by atoms with Crippen LogP contribution in [0.15, 0.2) is 27.6 Å². The molecule has 0 bridgehead atoms. The van der Waals surface area contributed by atoms with E-state index in [-0.39, 0.29) is 0 Å². The van der Waals surface area contributed by atoms with Crippen molar-refractivity contribution in [2.75, 3.05) is 13.1 Å². The minimum atomic E-state index is -3.44. The number of benzene rings is 1. The van der Waals surface area contributed by atoms with Gasteiger partial charge in [-0.3, -0.25) is 0 Å². The zero-order valence-corrected chi connectivity index (χ0v) is 14.8. The van der Waals surface area contributed by atoms with E-state index in [0.717, 1.165) is 30.9 Å². The summed E-state index contributed by atoms with van der Waals surface area (Å²) in [6.45, 7) is 4.08. The predicted octanol–water partition coefficient (Wildman–Crippen LogP) is 3.03. The van der Waals surface area contributed by atoms with Crippen molar-refractivity contribution in [3.05, 3.63) is 28.2 Å². The van der Waals surface area contributed by atoms with Crippen LogP contribution in [0.25, 0.3) is 0 Å². The molecule has 1 aliphatic rings. The third-order valence-electron chi connectivity index (χ3n) is 3.64. The minimum Gasteiger partial charge on any atom is -0.313 e. The molecule has 2 rings (SSSR count). The molecule has 0 heterocycles. The Labute approximate surface area is 135 Å². The number of nitrogens with one attached hydrogen (secondary N) is 2. The van der Waals surface area contributed by atoms with Crippen LogP contribution in [0.1, 0.15) is 38.2 Å². The second kappa shape index (κ2) is 7.72. The number of sulfonamides is 1. The predicted molar refractivity (Wildman–Crippen MR) is 88.7 cm³/mol. The first kappa shape index (κ1) is 16.9. The van der Waals surface area contributed by atoms with Crippen LogP contribution in [0.5, 0.6) is 0 Å². The van der Waals surface area contributed by atoms with Crippen LogP contribution in [0.4, 0.5) is 0 Å². The quantitative estimate of drug-likeness (QED) is 0.653. The average Bonchev–Trinajstić information content (AvgIpc) is 3.27. The van der Waals surface area contributed by atoms with Gasteiger partial charge in [0.2, 0.25) is 10.0 Å². The van der Waals surface area contributed by atoms with E-state index in [1.54, 1.807) is 12.1 Å². The van der Waals surface area contributed by atoms with Crippen LogP contribution in [0.3, 0.4) is 0 Å². The molecule has 0 atom stereocenters. The highest BCUT2D eigenvalue weighted by Crippen LogP contribution is 2.33. The van der Waals surface area contributed by atoms with Gasteiger partial charge in [0.15, 0.2) is 0 Å². The SMILES string of the molecule is CCNCc1ccc(Br)c(S(=O)(=O)NCCCC2CC2)c1. The summed E-state index contributed by atoms with van der Waals surface area (Å²) in [5.41, 5.74) is 0.971. The number of halogens is 1. The largest absolute Gasteiger partial charge is 0.313 e. The van der Waals surface area contributed by atoms with Crippen molar-refractivity contribution in [1.82, 2.24) is 10.0 Å². The third-order valence-corrected chi connectivity index (χ3v) is 6.10. The Morgan fingerprint density at radius 2 is 2.10 bits per heavy atom. The maximum absolute atomic E-state index is 12.4. The monoisotopic (exact) mass is 374 g/mol. The van der Waals surface area contributed by atoms with Crippen LogP contribution in [0.2, 0.25) is 0 Å². The van der Waals surface area contributed by atoms with Gasteiger partial charge < -0.3 is 5.32 Å². The summed E-state index contributed by atoms with van der Waals surface area (Å²) in [5, 5.41) is 3.20. The highest BCUT2D eigenvalue weighted by atomic mass is 79.9. The Kier molecular flexibility index (Phi) is 6.22. The first-order valence-corrected chi connectivity index (χ1v) is 9.79. The van der Waals surface area contributed by atoms with E-state index in [1.165, 1.54) is 12.8 Å². The molecular formula is C15H23BrN2O2S. The van der Waals surface area contributed by atoms with Crippen molar-refractivity contribution < 1.29 is 8.42 Å². The van der Waals surface area contributed by atoms with Crippen molar-refractivity contribution in [3.8, 4) is 0 Å². The van der Waals surface area contributed by atoms with Crippen molar-refractivity contribution >= 4 is 26.0 Å². The lowest BCUT2D eigenvalue weighted by molar-refractivity contribution is 0.572. The van der Waals surface area contributed by atoms with E-state index in [9.17, 15) is 8.42 Å². The van der Waals surface area contributed by atoms with Crippen molar-refractivity contribution in [2.24, 2.45) is 5.92 Å². The van der Waals surface area contributed by atoms with Gasteiger partial charge in [-0.25, -0.2) is 13.1 Å². The van der Waals surface area contributed by atoms with Gasteiger partial charge in [-0.2, -0.15) is 0 Å². The fraction of sp³-hybridized carbons (Fsp3) is 0.600. The molecule has 0 saturated heterocycles. The standard InChI is InChI=1S/C15H23BrN2O2S/c1-2-17-11-13-7-8-14(16)15(10-13)21(19,20)18-9-3-4-12-5-6-12/h7-8,10,12,17-18H,2-6,9,11H2,1H3. The topological polar surface area (TPSA) is 58.2 Å². The summed E-state index contributed by atoms with van der Waals surface area (Å²) in [6.07, 6.45) is 4.66. The second-order valence-electron chi connectivity index (χ2n) is 5.53. The molecular weight excluding hydrogens is 352 g/mol. The summed E-state index contributed by atoms with van der Waals surface area (Å²) in [7, 11) is -3.44. The molecule has 1 aromatic carbocycles. The molecule has 0 aliphatic heterocycles. The van der Waals surface area contributed by atoms with Gasteiger partial charge in [-0.1, -0.05) is 25.8 Å². The van der Waals surface area contributed by atoms with Gasteiger partial charge in [0.1, 0.15) is 0 Å². The average molecular weight is 375 g/mol. The number of hydrogen-bond donors (Lipinski definition) is 2. The molecule has 0 unspecified atom stereocenters. The Morgan fingerprint density at radius 1 is 1.33 bits per heavy atom. The molecule has 0 radical (unpaired) electrons. The molecule has 6 heteroatoms. The van der Waals surface area contributed by atoms with E-state index in [1.807, 2.05) is 13.0 Å². The van der Waals surface area contributed by atoms with Crippen molar-refractivity contribution in [1.29, 1.82) is 0 Å². The maximum atomic E-state index is 12.4. The smallest absolute Gasteiger partial charge is 0.241 e. The summed E-state index contributed by atoms with van der Waals surface area (Å²) in [4.78, 5) is 0.323. The van der Waals surface area contributed by atoms with Crippen molar-refractivity contribution in [3.63, 3.8) is 0 Å². The van der Waals surface area contributed by atoms with E-state index in [4.69, 9.17) is 0 Å². The zero-order valence-electron chi connectivity index (χ0n) is 12.4. The molecule has 1 saturated carbocycles. The summed E-state index contributed by atoms with van der Waals surface area (Å²) in [6, 6.07) is 5.46. The van der Waals surface area contributed by atoms with E-state index in [2.05, 4.69) is 26.0 Å². The Balaban J connectivity index is 1.98.